The van der Waals surface area contributed by atoms with Crippen LogP contribution in [0.5, 0.6) is 0 Å². The Hall–Kier alpha value is -1.96. The van der Waals surface area contributed by atoms with E-state index in [1.807, 2.05) is 25.3 Å². The van der Waals surface area contributed by atoms with E-state index in [0.29, 0.717) is 5.11 Å². The molecule has 0 spiro atoms. The molecule has 1 aliphatic rings. The topological polar surface area (TPSA) is 64.7 Å². The van der Waals surface area contributed by atoms with Crippen LogP contribution in [-0.4, -0.2) is 60.6 Å². The number of aryl methyl sites for hydroxylation is 1. The Morgan fingerprint density at radius 2 is 2.16 bits per heavy atom. The summed E-state index contributed by atoms with van der Waals surface area (Å²) in [5.41, 5.74) is 6.18. The van der Waals surface area contributed by atoms with Crippen LogP contribution in [0.15, 0.2) is 29.4 Å². The van der Waals surface area contributed by atoms with Gasteiger partial charge < -0.3 is 15.0 Å². The van der Waals surface area contributed by atoms with Gasteiger partial charge in [0.2, 0.25) is 0 Å². The first-order valence-electron chi connectivity index (χ1n) is 8.68. The zero-order chi connectivity index (χ0) is 17.5. The molecule has 3 rings (SSSR count). The number of hydrazone groups is 1. The molecule has 2 heterocycles. The van der Waals surface area contributed by atoms with Crippen LogP contribution in [-0.2, 0) is 4.74 Å². The Morgan fingerprint density at radius 3 is 3.00 bits per heavy atom. The Balaban J connectivity index is 1.41. The molecule has 0 unspecified atom stereocenters. The summed E-state index contributed by atoms with van der Waals surface area (Å²) in [6, 6.07) is 8.20. The Bertz CT molecular complexity index is 736. The predicted molar refractivity (Wildman–Crippen MR) is 106 cm³/mol. The van der Waals surface area contributed by atoms with E-state index in [9.17, 15) is 0 Å². The van der Waals surface area contributed by atoms with Gasteiger partial charge in [-0.15, -0.1) is 0 Å². The molecule has 0 amide bonds. The second kappa shape index (κ2) is 8.94. The Kier molecular flexibility index (Phi) is 6.38. The summed E-state index contributed by atoms with van der Waals surface area (Å²) in [5.74, 6) is 0. The van der Waals surface area contributed by atoms with Crippen LogP contribution in [0.4, 0.5) is 0 Å². The average molecular weight is 359 g/mol. The quantitative estimate of drug-likeness (QED) is 0.319. The van der Waals surface area contributed by atoms with Gasteiger partial charge in [-0.2, -0.15) is 5.10 Å². The highest BCUT2D eigenvalue weighted by Gasteiger charge is 2.09. The maximum Gasteiger partial charge on any atom is 0.186 e. The second-order valence-corrected chi connectivity index (χ2v) is 6.55. The molecule has 134 valence electrons. The number of fused-ring (bicyclic) bond motifs is 1. The molecule has 0 aliphatic carbocycles. The van der Waals surface area contributed by atoms with Crippen molar-refractivity contribution in [3.63, 3.8) is 0 Å². The van der Waals surface area contributed by atoms with Crippen molar-refractivity contribution in [1.29, 1.82) is 0 Å². The highest BCUT2D eigenvalue weighted by molar-refractivity contribution is 7.80. The number of aromatic nitrogens is 1. The smallest absolute Gasteiger partial charge is 0.186 e. The minimum absolute atomic E-state index is 0.552. The number of thiocarbonyl (C=S) groups is 1. The standard InChI is InChI=1S/C18H25N5OS/c1-14-16(15-5-2-3-6-17(15)21-14)13-20-22-18(25)19-7-4-8-23-9-11-24-12-10-23/h2-3,5-6,13,21H,4,7-12H2,1H3,(H2,19,22,25)/b20-13+. The summed E-state index contributed by atoms with van der Waals surface area (Å²) in [6.07, 6.45) is 2.86. The van der Waals surface area contributed by atoms with Crippen molar-refractivity contribution in [3.05, 3.63) is 35.5 Å². The number of hydrogen-bond acceptors (Lipinski definition) is 4. The largest absolute Gasteiger partial charge is 0.379 e. The number of morpholine rings is 1. The Morgan fingerprint density at radius 1 is 1.36 bits per heavy atom. The van der Waals surface area contributed by atoms with Crippen molar-refractivity contribution in [2.75, 3.05) is 39.4 Å². The van der Waals surface area contributed by atoms with Crippen molar-refractivity contribution in [3.8, 4) is 0 Å². The summed E-state index contributed by atoms with van der Waals surface area (Å²) in [5, 5.41) is 9.18. The molecule has 7 heteroatoms. The van der Waals surface area contributed by atoms with E-state index in [4.69, 9.17) is 17.0 Å². The van der Waals surface area contributed by atoms with Crippen LogP contribution in [0, 0.1) is 6.92 Å². The summed E-state index contributed by atoms with van der Waals surface area (Å²) < 4.78 is 5.35. The van der Waals surface area contributed by atoms with Crippen molar-refractivity contribution >= 4 is 34.4 Å². The number of nitrogens with zero attached hydrogens (tertiary/aromatic N) is 2. The minimum atomic E-state index is 0.552. The number of rotatable bonds is 6. The van der Waals surface area contributed by atoms with Crippen LogP contribution in [0.3, 0.4) is 0 Å². The fraction of sp³-hybridized carbons (Fsp3) is 0.444. The van der Waals surface area contributed by atoms with E-state index in [1.165, 1.54) is 0 Å². The molecule has 0 bridgehead atoms. The first-order valence-corrected chi connectivity index (χ1v) is 9.09. The normalized spacial score (nSPS) is 15.7. The average Bonchev–Trinajstić information content (AvgIpc) is 2.95. The van der Waals surface area contributed by atoms with Crippen molar-refractivity contribution < 1.29 is 4.74 Å². The van der Waals surface area contributed by atoms with E-state index in [2.05, 4.69) is 37.9 Å². The zero-order valence-corrected chi connectivity index (χ0v) is 15.4. The summed E-state index contributed by atoms with van der Waals surface area (Å²) in [6.45, 7) is 7.68. The molecule has 1 saturated heterocycles. The molecule has 0 saturated carbocycles. The molecular weight excluding hydrogens is 334 g/mol. The lowest BCUT2D eigenvalue weighted by molar-refractivity contribution is 0.0376. The zero-order valence-electron chi connectivity index (χ0n) is 14.5. The third-order valence-electron chi connectivity index (χ3n) is 4.34. The van der Waals surface area contributed by atoms with E-state index >= 15 is 0 Å². The van der Waals surface area contributed by atoms with Gasteiger partial charge in [0, 0.05) is 41.8 Å². The third kappa shape index (κ3) is 5.01. The predicted octanol–water partition coefficient (Wildman–Crippen LogP) is 2.00. The SMILES string of the molecule is Cc1[nH]c2ccccc2c1/C=N/NC(=S)NCCCN1CCOCC1. The number of benzene rings is 1. The second-order valence-electron chi connectivity index (χ2n) is 6.14. The fourth-order valence-electron chi connectivity index (χ4n) is 2.99. The number of hydrogen-bond donors (Lipinski definition) is 3. The van der Waals surface area contributed by atoms with Crippen LogP contribution < -0.4 is 10.7 Å². The van der Waals surface area contributed by atoms with E-state index in [-0.39, 0.29) is 0 Å². The summed E-state index contributed by atoms with van der Waals surface area (Å²) >= 11 is 5.27. The first-order chi connectivity index (χ1) is 12.2. The van der Waals surface area contributed by atoms with E-state index in [1.54, 1.807) is 0 Å². The number of aromatic amines is 1. The number of para-hydroxylation sites is 1. The number of nitrogens with one attached hydrogen (secondary N) is 3. The molecule has 6 nitrogen and oxygen atoms in total. The van der Waals surface area contributed by atoms with E-state index < -0.39 is 0 Å². The van der Waals surface area contributed by atoms with Gasteiger partial charge >= 0.3 is 0 Å². The van der Waals surface area contributed by atoms with Gasteiger partial charge in [-0.05, 0) is 38.2 Å². The van der Waals surface area contributed by atoms with Gasteiger partial charge in [0.1, 0.15) is 0 Å². The molecule has 0 atom stereocenters. The molecule has 0 radical (unpaired) electrons. The van der Waals surface area contributed by atoms with Crippen LogP contribution >= 0.6 is 12.2 Å². The van der Waals surface area contributed by atoms with Gasteiger partial charge in [0.05, 0.1) is 19.4 Å². The van der Waals surface area contributed by atoms with Crippen LogP contribution in [0.1, 0.15) is 17.7 Å². The molecule has 25 heavy (non-hydrogen) atoms. The monoisotopic (exact) mass is 359 g/mol. The van der Waals surface area contributed by atoms with Gasteiger partial charge in [-0.1, -0.05) is 18.2 Å². The van der Waals surface area contributed by atoms with E-state index in [0.717, 1.165) is 68.0 Å². The third-order valence-corrected chi connectivity index (χ3v) is 4.58. The van der Waals surface area contributed by atoms with Gasteiger partial charge in [0.25, 0.3) is 0 Å². The highest BCUT2D eigenvalue weighted by atomic mass is 32.1. The summed E-state index contributed by atoms with van der Waals surface area (Å²) in [4.78, 5) is 5.77. The number of ether oxygens (including phenoxy) is 1. The Labute approximate surface area is 153 Å². The molecule has 1 fully saturated rings. The lowest BCUT2D eigenvalue weighted by atomic mass is 10.1. The molecule has 1 aliphatic heterocycles. The lowest BCUT2D eigenvalue weighted by Crippen LogP contribution is -2.39. The van der Waals surface area contributed by atoms with Gasteiger partial charge in [0.15, 0.2) is 5.11 Å². The fourth-order valence-corrected chi connectivity index (χ4v) is 3.14. The van der Waals surface area contributed by atoms with Crippen LogP contribution in [0.25, 0.3) is 10.9 Å². The van der Waals surface area contributed by atoms with Crippen molar-refractivity contribution in [2.45, 2.75) is 13.3 Å². The maximum absolute atomic E-state index is 5.35. The van der Waals surface area contributed by atoms with Gasteiger partial charge in [-0.3, -0.25) is 10.3 Å². The van der Waals surface area contributed by atoms with Crippen LogP contribution in [0.2, 0.25) is 0 Å². The molecule has 1 aromatic carbocycles. The first kappa shape index (κ1) is 17.8. The molecule has 3 N–H and O–H groups in total. The minimum Gasteiger partial charge on any atom is -0.379 e. The highest BCUT2D eigenvalue weighted by Crippen LogP contribution is 2.19. The molecular formula is C18H25N5OS. The van der Waals surface area contributed by atoms with Crippen molar-refractivity contribution in [1.82, 2.24) is 20.6 Å². The number of H-pyrrole nitrogens is 1. The molecule has 2 aromatic rings. The maximum atomic E-state index is 5.35. The van der Waals surface area contributed by atoms with Gasteiger partial charge in [-0.25, -0.2) is 0 Å². The lowest BCUT2D eigenvalue weighted by Gasteiger charge is -2.26. The van der Waals surface area contributed by atoms with Crippen molar-refractivity contribution in [2.24, 2.45) is 5.10 Å². The summed E-state index contributed by atoms with van der Waals surface area (Å²) in [7, 11) is 0. The molecule has 1 aromatic heterocycles.